The normalized spacial score (nSPS) is 13.5. The quantitative estimate of drug-likeness (QED) is 0.171. The first kappa shape index (κ1) is 28.2. The number of anilines is 2. The summed E-state index contributed by atoms with van der Waals surface area (Å²) < 4.78 is 8.61. The number of esters is 1. The second-order valence-corrected chi connectivity index (χ2v) is 10.4. The molecule has 4 aromatic heterocycles. The predicted octanol–water partition coefficient (Wildman–Crippen LogP) is 5.51. The summed E-state index contributed by atoms with van der Waals surface area (Å²) in [7, 11) is 0. The van der Waals surface area contributed by atoms with E-state index in [1.54, 1.807) is 18.6 Å². The van der Waals surface area contributed by atoms with Gasteiger partial charge in [0.2, 0.25) is 0 Å². The molecular formula is C29H37N9O3. The number of carbonyl (C=O) groups excluding carboxylic acids is 2. The Morgan fingerprint density at radius 3 is 2.71 bits per heavy atom. The highest BCUT2D eigenvalue weighted by Gasteiger charge is 2.24. The van der Waals surface area contributed by atoms with Gasteiger partial charge in [0.25, 0.3) is 0 Å². The lowest BCUT2D eigenvalue weighted by Gasteiger charge is -2.17. The van der Waals surface area contributed by atoms with Gasteiger partial charge in [0.1, 0.15) is 5.69 Å². The summed E-state index contributed by atoms with van der Waals surface area (Å²) in [5.41, 5.74) is 5.29. The molecule has 4 aromatic rings. The largest absolute Gasteiger partial charge is 0.466 e. The van der Waals surface area contributed by atoms with E-state index in [1.807, 2.05) is 41.4 Å². The monoisotopic (exact) mass is 559 g/mol. The van der Waals surface area contributed by atoms with Crippen molar-refractivity contribution in [2.75, 3.05) is 17.2 Å². The lowest BCUT2D eigenvalue weighted by molar-refractivity contribution is -0.143. The molecule has 1 aliphatic carbocycles. The highest BCUT2D eigenvalue weighted by molar-refractivity contribution is 6.00. The number of rotatable bonds is 12. The molecule has 2 N–H and O–H groups in total. The molecule has 41 heavy (non-hydrogen) atoms. The average Bonchev–Trinajstić information content (AvgIpc) is 3.73. The summed E-state index contributed by atoms with van der Waals surface area (Å²) >= 11 is 0. The summed E-state index contributed by atoms with van der Waals surface area (Å²) in [5, 5.41) is 18.9. The van der Waals surface area contributed by atoms with Crippen LogP contribution in [0, 0.1) is 6.92 Å². The molecule has 1 aliphatic rings. The van der Waals surface area contributed by atoms with Crippen LogP contribution in [0.15, 0.2) is 36.9 Å². The Kier molecular flexibility index (Phi) is 9.17. The van der Waals surface area contributed by atoms with Gasteiger partial charge in [-0.25, -0.2) is 14.3 Å². The molecule has 1 saturated carbocycles. The van der Waals surface area contributed by atoms with Crippen molar-refractivity contribution in [3.8, 4) is 11.4 Å². The smallest absolute Gasteiger partial charge is 0.323 e. The molecule has 12 nitrogen and oxygen atoms in total. The maximum absolute atomic E-state index is 13.0. The van der Waals surface area contributed by atoms with E-state index in [1.165, 1.54) is 12.8 Å². The summed E-state index contributed by atoms with van der Waals surface area (Å²) in [6.07, 6.45) is 15.7. The van der Waals surface area contributed by atoms with Gasteiger partial charge in [-0.1, -0.05) is 30.9 Å². The molecular weight excluding hydrogens is 522 g/mol. The fourth-order valence-corrected chi connectivity index (χ4v) is 5.42. The Labute approximate surface area is 238 Å². The van der Waals surface area contributed by atoms with Crippen molar-refractivity contribution in [2.45, 2.75) is 84.1 Å². The molecule has 0 unspecified atom stereocenters. The molecule has 0 bridgehead atoms. The van der Waals surface area contributed by atoms with E-state index in [-0.39, 0.29) is 12.0 Å². The van der Waals surface area contributed by atoms with Gasteiger partial charge >= 0.3 is 12.0 Å². The van der Waals surface area contributed by atoms with Crippen molar-refractivity contribution in [3.63, 3.8) is 0 Å². The highest BCUT2D eigenvalue weighted by Crippen LogP contribution is 2.37. The van der Waals surface area contributed by atoms with Gasteiger partial charge in [0.15, 0.2) is 5.65 Å². The number of nitrogens with one attached hydrogen (secondary N) is 2. The van der Waals surface area contributed by atoms with Gasteiger partial charge in [-0.05, 0) is 51.2 Å². The number of aromatic nitrogens is 7. The van der Waals surface area contributed by atoms with Crippen molar-refractivity contribution < 1.29 is 14.3 Å². The molecule has 0 radical (unpaired) electrons. The van der Waals surface area contributed by atoms with Gasteiger partial charge in [-0.2, -0.15) is 5.10 Å². The van der Waals surface area contributed by atoms with Crippen LogP contribution < -0.4 is 10.6 Å². The van der Waals surface area contributed by atoms with E-state index >= 15 is 0 Å². The number of unbranched alkanes of at least 4 members (excludes halogenated alkanes) is 3. The van der Waals surface area contributed by atoms with Gasteiger partial charge in [0.05, 0.1) is 54.2 Å². The molecule has 0 spiro atoms. The molecule has 12 heteroatoms. The number of hydrogen-bond donors (Lipinski definition) is 2. The van der Waals surface area contributed by atoms with Crippen molar-refractivity contribution in [3.05, 3.63) is 48.2 Å². The van der Waals surface area contributed by atoms with Gasteiger partial charge in [-0.3, -0.25) is 14.5 Å². The van der Waals surface area contributed by atoms with Crippen LogP contribution in [-0.2, 0) is 16.1 Å². The molecule has 2 amide bonds. The number of urea groups is 1. The van der Waals surface area contributed by atoms with E-state index in [0.717, 1.165) is 62.0 Å². The van der Waals surface area contributed by atoms with Crippen LogP contribution in [0.4, 0.5) is 16.2 Å². The third-order valence-corrected chi connectivity index (χ3v) is 7.38. The Morgan fingerprint density at radius 2 is 1.90 bits per heavy atom. The number of hydrogen-bond acceptors (Lipinski definition) is 8. The fraction of sp³-hybridized carbons (Fsp3) is 0.483. The van der Waals surface area contributed by atoms with Gasteiger partial charge in [-0.15, -0.1) is 5.10 Å². The minimum absolute atomic E-state index is 0.129. The van der Waals surface area contributed by atoms with Gasteiger partial charge < -0.3 is 15.4 Å². The van der Waals surface area contributed by atoms with Crippen LogP contribution in [-0.4, -0.2) is 53.2 Å². The Bertz CT molecular complexity index is 1490. The van der Waals surface area contributed by atoms with Crippen LogP contribution >= 0.6 is 0 Å². The number of carbonyl (C=O) groups is 2. The van der Waals surface area contributed by atoms with Crippen LogP contribution in [0.1, 0.15) is 81.9 Å². The Morgan fingerprint density at radius 1 is 1.07 bits per heavy atom. The minimum Gasteiger partial charge on any atom is -0.466 e. The lowest BCUT2D eigenvalue weighted by Crippen LogP contribution is -2.22. The lowest BCUT2D eigenvalue weighted by atomic mass is 10.0. The number of ether oxygens (including phenoxy) is 1. The van der Waals surface area contributed by atoms with Crippen LogP contribution in [0.5, 0.6) is 0 Å². The third kappa shape index (κ3) is 7.05. The van der Waals surface area contributed by atoms with E-state index in [0.29, 0.717) is 41.7 Å². The van der Waals surface area contributed by atoms with Crippen molar-refractivity contribution in [1.29, 1.82) is 0 Å². The van der Waals surface area contributed by atoms with E-state index in [4.69, 9.17) is 4.74 Å². The zero-order chi connectivity index (χ0) is 28.6. The summed E-state index contributed by atoms with van der Waals surface area (Å²) in [4.78, 5) is 33.4. The second kappa shape index (κ2) is 13.3. The second-order valence-electron chi connectivity index (χ2n) is 10.4. The molecule has 0 atom stereocenters. The number of nitrogens with zero attached hydrogens (tertiary/aromatic N) is 7. The maximum Gasteiger partial charge on any atom is 0.323 e. The standard InChI is InChI=1S/C29H37N9O3/c1-3-41-26(39)12-6-4-5-9-15-37-19-24(35-36-37)27-20(2)16-22(17-31-27)33-29(40)34-23-18-30-25-13-14-32-38(25)28(23)21-10-7-8-11-21/h13-14,16-19,21H,3-12,15H2,1-2H3,(H2,33,34,40). The molecule has 5 rings (SSSR count). The molecule has 1 fully saturated rings. The van der Waals surface area contributed by atoms with E-state index in [2.05, 4.69) is 36.0 Å². The Balaban J connectivity index is 1.15. The van der Waals surface area contributed by atoms with E-state index in [9.17, 15) is 9.59 Å². The zero-order valence-electron chi connectivity index (χ0n) is 23.7. The number of fused-ring (bicyclic) bond motifs is 1. The first-order valence-corrected chi connectivity index (χ1v) is 14.4. The fourth-order valence-electron chi connectivity index (χ4n) is 5.42. The predicted molar refractivity (Wildman–Crippen MR) is 155 cm³/mol. The van der Waals surface area contributed by atoms with Crippen LogP contribution in [0.3, 0.4) is 0 Å². The molecule has 0 aliphatic heterocycles. The van der Waals surface area contributed by atoms with Crippen molar-refractivity contribution >= 4 is 29.0 Å². The topological polar surface area (TPSA) is 141 Å². The Hall–Kier alpha value is -4.35. The molecule has 4 heterocycles. The van der Waals surface area contributed by atoms with Crippen molar-refractivity contribution in [1.82, 2.24) is 34.6 Å². The van der Waals surface area contributed by atoms with Crippen molar-refractivity contribution in [2.24, 2.45) is 0 Å². The summed E-state index contributed by atoms with van der Waals surface area (Å²) in [6.45, 7) is 4.93. The number of aryl methyl sites for hydroxylation is 2. The zero-order valence-corrected chi connectivity index (χ0v) is 23.7. The maximum atomic E-state index is 13.0. The molecule has 0 aromatic carbocycles. The van der Waals surface area contributed by atoms with E-state index < -0.39 is 0 Å². The average molecular weight is 560 g/mol. The number of pyridine rings is 1. The van der Waals surface area contributed by atoms with Gasteiger partial charge in [0, 0.05) is 24.9 Å². The summed E-state index contributed by atoms with van der Waals surface area (Å²) in [6, 6.07) is 3.38. The van der Waals surface area contributed by atoms with Crippen LogP contribution in [0.2, 0.25) is 0 Å². The van der Waals surface area contributed by atoms with Crippen LogP contribution in [0.25, 0.3) is 17.0 Å². The minimum atomic E-state index is -0.361. The molecule has 216 valence electrons. The first-order valence-electron chi connectivity index (χ1n) is 14.4. The SMILES string of the molecule is CCOC(=O)CCCCCCn1cc(-c2ncc(NC(=O)Nc3cnc4ccnn4c3C3CCCC3)cc2C)nn1. The highest BCUT2D eigenvalue weighted by atomic mass is 16.5. The third-order valence-electron chi connectivity index (χ3n) is 7.38. The summed E-state index contributed by atoms with van der Waals surface area (Å²) in [5.74, 6) is 0.208. The first-order chi connectivity index (χ1) is 20.0. The molecule has 0 saturated heterocycles. The number of amides is 2.